The summed E-state index contributed by atoms with van der Waals surface area (Å²) < 4.78 is 12.9. The maximum absolute atomic E-state index is 12.9. The molecule has 0 aliphatic carbocycles. The molecule has 4 amide bonds. The summed E-state index contributed by atoms with van der Waals surface area (Å²) in [5.74, 6) is -0.271. The Hall–Kier alpha value is -4.26. The van der Waals surface area contributed by atoms with E-state index >= 15 is 0 Å². The number of hydrogen-bond acceptors (Lipinski definition) is 6. The van der Waals surface area contributed by atoms with Crippen LogP contribution in [0.15, 0.2) is 129 Å². The van der Waals surface area contributed by atoms with Gasteiger partial charge in [0.1, 0.15) is 5.82 Å². The fourth-order valence-corrected chi connectivity index (χ4v) is 5.40. The van der Waals surface area contributed by atoms with Crippen LogP contribution in [0, 0.1) is 5.82 Å². The van der Waals surface area contributed by atoms with Crippen molar-refractivity contribution >= 4 is 59.3 Å². The van der Waals surface area contributed by atoms with Gasteiger partial charge in [-0.2, -0.15) is 0 Å². The average Bonchev–Trinajstić information content (AvgIpc) is 3.01. The maximum atomic E-state index is 12.9. The first kappa shape index (κ1) is 34.2. The Labute approximate surface area is 268 Å². The molecule has 6 N–H and O–H groups in total. The Morgan fingerprint density at radius 3 is 1.48 bits per heavy atom. The lowest BCUT2D eigenvalue weighted by Gasteiger charge is -2.09. The normalized spacial score (nSPS) is 10.8. The number of primary amides is 2. The van der Waals surface area contributed by atoms with Gasteiger partial charge in [0.05, 0.1) is 13.1 Å². The predicted octanol–water partition coefficient (Wildman–Crippen LogP) is 8.03. The molecule has 228 valence electrons. The third-order valence-corrected chi connectivity index (χ3v) is 8.03. The number of amides is 4. The van der Waals surface area contributed by atoms with Gasteiger partial charge in [0, 0.05) is 24.6 Å². The summed E-state index contributed by atoms with van der Waals surface area (Å²) in [6, 6.07) is 27.6. The second-order valence-corrected chi connectivity index (χ2v) is 11.5. The van der Waals surface area contributed by atoms with Crippen molar-refractivity contribution in [2.24, 2.45) is 11.5 Å². The molecule has 0 aliphatic rings. The summed E-state index contributed by atoms with van der Waals surface area (Å²) in [5.41, 5.74) is 11.8. The van der Waals surface area contributed by atoms with E-state index in [0.29, 0.717) is 15.1 Å². The topological polar surface area (TPSA) is 133 Å². The molecular formula is C32H30ClFN4O4S2. The van der Waals surface area contributed by atoms with Crippen LogP contribution in [0.25, 0.3) is 12.2 Å². The Morgan fingerprint density at radius 2 is 1.07 bits per heavy atom. The smallest absolute Gasteiger partial charge is 0.338 e. The van der Waals surface area contributed by atoms with Gasteiger partial charge >= 0.3 is 12.1 Å². The molecule has 0 fully saturated rings. The van der Waals surface area contributed by atoms with E-state index in [1.165, 1.54) is 23.9 Å². The molecule has 4 rings (SSSR count). The minimum absolute atomic E-state index is 0.00484. The van der Waals surface area contributed by atoms with E-state index in [-0.39, 0.29) is 18.9 Å². The van der Waals surface area contributed by atoms with Crippen LogP contribution >= 0.6 is 35.1 Å². The quantitative estimate of drug-likeness (QED) is 0.101. The predicted molar refractivity (Wildman–Crippen MR) is 173 cm³/mol. The first-order valence-corrected chi connectivity index (χ1v) is 15.0. The van der Waals surface area contributed by atoms with Crippen LogP contribution in [0.1, 0.15) is 11.1 Å². The number of carbonyl (C=O) groups is 2. The SMILES string of the molecule is NC(=O)N(O)CC=Cc1ccccc1Sc1ccc(Cl)cc1.NC(=O)N(O)CC=Cc1ccccc1Sc1ccc(F)cc1. The highest BCUT2D eigenvalue weighted by molar-refractivity contribution is 7.99. The largest absolute Gasteiger partial charge is 0.350 e. The molecule has 0 atom stereocenters. The van der Waals surface area contributed by atoms with E-state index in [0.717, 1.165) is 30.7 Å². The number of urea groups is 2. The molecule has 0 bridgehead atoms. The van der Waals surface area contributed by atoms with Crippen LogP contribution in [0.2, 0.25) is 5.02 Å². The second kappa shape index (κ2) is 17.8. The number of hydrogen-bond donors (Lipinski definition) is 4. The molecule has 0 heterocycles. The number of halogens is 2. The van der Waals surface area contributed by atoms with Crippen LogP contribution in [0.4, 0.5) is 14.0 Å². The summed E-state index contributed by atoms with van der Waals surface area (Å²) in [7, 11) is 0. The van der Waals surface area contributed by atoms with Gasteiger partial charge in [0.2, 0.25) is 0 Å². The summed E-state index contributed by atoms with van der Waals surface area (Å²) in [4.78, 5) is 25.5. The molecule has 0 radical (unpaired) electrons. The monoisotopic (exact) mass is 652 g/mol. The van der Waals surface area contributed by atoms with Crippen LogP contribution < -0.4 is 11.5 Å². The molecule has 12 heteroatoms. The van der Waals surface area contributed by atoms with Crippen LogP contribution in [-0.2, 0) is 0 Å². The molecule has 0 unspecified atom stereocenters. The first-order chi connectivity index (χ1) is 21.1. The molecule has 4 aromatic carbocycles. The number of nitrogens with zero attached hydrogens (tertiary/aromatic N) is 2. The number of nitrogens with two attached hydrogens (primary N) is 2. The second-order valence-electron chi connectivity index (χ2n) is 8.83. The van der Waals surface area contributed by atoms with Gasteiger partial charge in [-0.1, -0.05) is 95.8 Å². The van der Waals surface area contributed by atoms with Gasteiger partial charge in [-0.25, -0.2) is 24.1 Å². The highest BCUT2D eigenvalue weighted by atomic mass is 35.5. The van der Waals surface area contributed by atoms with Gasteiger partial charge in [0.25, 0.3) is 0 Å². The zero-order valence-electron chi connectivity index (χ0n) is 23.3. The molecule has 0 aromatic heterocycles. The third-order valence-electron chi connectivity index (χ3n) is 5.58. The van der Waals surface area contributed by atoms with Crippen molar-refractivity contribution in [1.82, 2.24) is 10.1 Å². The molecule has 0 saturated carbocycles. The van der Waals surface area contributed by atoms with Crippen molar-refractivity contribution in [2.45, 2.75) is 19.6 Å². The summed E-state index contributed by atoms with van der Waals surface area (Å²) in [5, 5.41) is 20.0. The van der Waals surface area contributed by atoms with E-state index in [9.17, 15) is 24.4 Å². The van der Waals surface area contributed by atoms with Crippen molar-refractivity contribution < 1.29 is 24.4 Å². The Kier molecular flexibility index (Phi) is 13.8. The van der Waals surface area contributed by atoms with Crippen molar-refractivity contribution in [3.63, 3.8) is 0 Å². The van der Waals surface area contributed by atoms with Crippen LogP contribution in [0.3, 0.4) is 0 Å². The molecule has 4 aromatic rings. The minimum atomic E-state index is -0.904. The standard InChI is InChI=1S/C16H15ClN2O2S.C16H15FN2O2S/c2*17-13-7-9-14(10-8-13)22-15-6-2-1-4-12(15)5-3-11-19(21)16(18)20/h2*1-10,21H,11H2,(H2,18,20). The van der Waals surface area contributed by atoms with E-state index in [2.05, 4.69) is 0 Å². The highest BCUT2D eigenvalue weighted by Crippen LogP contribution is 2.32. The summed E-state index contributed by atoms with van der Waals surface area (Å²) in [6.45, 7) is 0.0418. The van der Waals surface area contributed by atoms with Crippen molar-refractivity contribution in [3.05, 3.63) is 131 Å². The fourth-order valence-electron chi connectivity index (χ4n) is 3.42. The number of rotatable bonds is 10. The Balaban J connectivity index is 0.000000240. The zero-order valence-corrected chi connectivity index (χ0v) is 25.7. The molecule has 0 aliphatic heterocycles. The van der Waals surface area contributed by atoms with Gasteiger partial charge in [-0.15, -0.1) is 0 Å². The molecule has 8 nitrogen and oxygen atoms in total. The van der Waals surface area contributed by atoms with Gasteiger partial charge in [-0.3, -0.25) is 10.4 Å². The molecular weight excluding hydrogens is 623 g/mol. The first-order valence-electron chi connectivity index (χ1n) is 13.0. The lowest BCUT2D eigenvalue weighted by molar-refractivity contribution is -0.0286. The van der Waals surface area contributed by atoms with Crippen LogP contribution in [0.5, 0.6) is 0 Å². The van der Waals surface area contributed by atoms with Crippen molar-refractivity contribution in [2.75, 3.05) is 13.1 Å². The van der Waals surface area contributed by atoms with E-state index in [1.807, 2.05) is 78.9 Å². The lowest BCUT2D eigenvalue weighted by atomic mass is 10.2. The zero-order chi connectivity index (χ0) is 31.9. The van der Waals surface area contributed by atoms with Gasteiger partial charge < -0.3 is 11.5 Å². The van der Waals surface area contributed by atoms with Crippen LogP contribution in [-0.4, -0.2) is 45.7 Å². The van der Waals surface area contributed by atoms with E-state index in [4.69, 9.17) is 23.1 Å². The van der Waals surface area contributed by atoms with Gasteiger partial charge in [-0.05, 0) is 71.8 Å². The van der Waals surface area contributed by atoms with Crippen molar-refractivity contribution in [3.8, 4) is 0 Å². The number of benzene rings is 4. The third kappa shape index (κ3) is 11.8. The molecule has 0 spiro atoms. The Bertz CT molecular complexity index is 1470. The van der Waals surface area contributed by atoms with Gasteiger partial charge in [0.15, 0.2) is 0 Å². The van der Waals surface area contributed by atoms with Crippen molar-refractivity contribution in [1.29, 1.82) is 0 Å². The summed E-state index contributed by atoms with van der Waals surface area (Å²) in [6.07, 6.45) is 6.93. The average molecular weight is 653 g/mol. The molecule has 44 heavy (non-hydrogen) atoms. The van der Waals surface area contributed by atoms with E-state index in [1.54, 1.807) is 42.1 Å². The highest BCUT2D eigenvalue weighted by Gasteiger charge is 2.05. The fraction of sp³-hybridized carbons (Fsp3) is 0.0625. The minimum Gasteiger partial charge on any atom is -0.350 e. The lowest BCUT2D eigenvalue weighted by Crippen LogP contribution is -2.32. The van der Waals surface area contributed by atoms with E-state index < -0.39 is 12.1 Å². The summed E-state index contributed by atoms with van der Waals surface area (Å²) >= 11 is 9.00. The number of carbonyl (C=O) groups excluding carboxylic acids is 2. The number of hydroxylamine groups is 4. The molecule has 0 saturated heterocycles. The maximum Gasteiger partial charge on any atom is 0.338 e. The Morgan fingerprint density at radius 1 is 0.682 bits per heavy atom.